The van der Waals surface area contributed by atoms with Gasteiger partial charge >= 0.3 is 5.69 Å². The van der Waals surface area contributed by atoms with Crippen molar-refractivity contribution in [3.63, 3.8) is 0 Å². The van der Waals surface area contributed by atoms with Crippen molar-refractivity contribution < 1.29 is 13.9 Å². The number of rotatable bonds is 5. The normalized spacial score (nSPS) is 20.8. The fourth-order valence-corrected chi connectivity index (χ4v) is 6.45. The summed E-state index contributed by atoms with van der Waals surface area (Å²) < 4.78 is 22.3. The number of carbonyl (C=O) groups is 1. The number of benzene rings is 1. The van der Waals surface area contributed by atoms with Crippen LogP contribution in [0.4, 0.5) is 4.39 Å². The smallest absolute Gasteiger partial charge is 0.333 e. The number of para-hydroxylation sites is 1. The molecule has 2 aromatic heterocycles. The number of pyridine rings is 1. The van der Waals surface area contributed by atoms with Gasteiger partial charge in [0.2, 0.25) is 0 Å². The summed E-state index contributed by atoms with van der Waals surface area (Å²) in [5, 5.41) is 3.20. The van der Waals surface area contributed by atoms with Crippen LogP contribution in [0.2, 0.25) is 0 Å². The lowest BCUT2D eigenvalue weighted by Crippen LogP contribution is -2.46. The first-order valence-corrected chi connectivity index (χ1v) is 13.5. The molecule has 1 aliphatic carbocycles. The largest absolute Gasteiger partial charge is 0.496 e. The highest BCUT2D eigenvalue weighted by Crippen LogP contribution is 2.30. The summed E-state index contributed by atoms with van der Waals surface area (Å²) in [6.07, 6.45) is 5.03. The lowest BCUT2D eigenvalue weighted by atomic mass is 9.90. The third-order valence-corrected chi connectivity index (χ3v) is 8.28. The molecule has 0 atom stereocenters. The summed E-state index contributed by atoms with van der Waals surface area (Å²) in [6.45, 7) is 0. The Hall–Kier alpha value is -3.14. The summed E-state index contributed by atoms with van der Waals surface area (Å²) in [7, 11) is 1.53. The van der Waals surface area contributed by atoms with Gasteiger partial charge in [-0.15, -0.1) is 0 Å². The van der Waals surface area contributed by atoms with Crippen LogP contribution < -0.4 is 21.3 Å². The number of fused-ring (bicyclic) bond motifs is 1. The maximum absolute atomic E-state index is 14.1. The number of carbonyl (C=O) groups excluding carboxylic acids is 1. The van der Waals surface area contributed by atoms with E-state index >= 15 is 0 Å². The van der Waals surface area contributed by atoms with Gasteiger partial charge in [-0.05, 0) is 68.2 Å². The molecule has 1 saturated carbocycles. The van der Waals surface area contributed by atoms with E-state index in [4.69, 9.17) is 4.74 Å². The Morgan fingerprint density at radius 1 is 1.06 bits per heavy atom. The molecule has 1 aromatic carbocycles. The Morgan fingerprint density at radius 2 is 1.75 bits per heavy atom. The number of nitrogens with zero attached hydrogens (tertiary/aromatic N) is 3. The number of hydrogen-bond donors (Lipinski definition) is 1. The Morgan fingerprint density at radius 3 is 2.47 bits per heavy atom. The molecule has 1 N–H and O–H groups in total. The molecule has 5 rings (SSSR count). The number of ether oxygens (including phenoxy) is 1. The number of thioether (sulfide) groups is 1. The lowest BCUT2D eigenvalue weighted by molar-refractivity contribution is 0.0918. The second-order valence-corrected chi connectivity index (χ2v) is 10.6. The summed E-state index contributed by atoms with van der Waals surface area (Å²) in [5.41, 5.74) is -0.136. The number of methoxy groups -OCH3 is 1. The maximum atomic E-state index is 14.1. The van der Waals surface area contributed by atoms with Crippen molar-refractivity contribution in [2.45, 2.75) is 56.7 Å². The molecule has 1 amide bonds. The molecule has 190 valence electrons. The van der Waals surface area contributed by atoms with Crippen LogP contribution in [0, 0.1) is 5.82 Å². The minimum atomic E-state index is -0.599. The van der Waals surface area contributed by atoms with Gasteiger partial charge in [0.25, 0.3) is 11.5 Å². The van der Waals surface area contributed by atoms with Crippen LogP contribution in [0.25, 0.3) is 11.0 Å². The highest BCUT2D eigenvalue weighted by Gasteiger charge is 2.30. The Balaban J connectivity index is 1.41. The predicted octanol–water partition coefficient (Wildman–Crippen LogP) is 3.69. The van der Waals surface area contributed by atoms with Crippen molar-refractivity contribution in [2.75, 3.05) is 18.6 Å². The molecular weight excluding hydrogens is 483 g/mol. The van der Waals surface area contributed by atoms with Gasteiger partial charge in [-0.25, -0.2) is 14.2 Å². The molecule has 0 spiro atoms. The second-order valence-electron chi connectivity index (χ2n) is 9.38. The summed E-state index contributed by atoms with van der Waals surface area (Å²) in [5.74, 6) is 1.55. The molecule has 36 heavy (non-hydrogen) atoms. The molecule has 2 fully saturated rings. The Labute approximate surface area is 211 Å². The van der Waals surface area contributed by atoms with E-state index in [2.05, 4.69) is 10.3 Å². The highest BCUT2D eigenvalue weighted by molar-refractivity contribution is 7.99. The lowest BCUT2D eigenvalue weighted by Gasteiger charge is -2.31. The maximum Gasteiger partial charge on any atom is 0.333 e. The minimum absolute atomic E-state index is 0.0671. The van der Waals surface area contributed by atoms with E-state index in [0.29, 0.717) is 37.0 Å². The van der Waals surface area contributed by atoms with Crippen LogP contribution in [0.15, 0.2) is 46.1 Å². The molecule has 3 aromatic rings. The predicted molar refractivity (Wildman–Crippen MR) is 138 cm³/mol. The highest BCUT2D eigenvalue weighted by atomic mass is 32.2. The number of halogens is 1. The zero-order valence-corrected chi connectivity index (χ0v) is 20.9. The third-order valence-electron chi connectivity index (χ3n) is 7.23. The molecule has 1 aliphatic heterocycles. The van der Waals surface area contributed by atoms with Crippen molar-refractivity contribution >= 4 is 28.7 Å². The van der Waals surface area contributed by atoms with Crippen molar-refractivity contribution in [3.8, 4) is 5.75 Å². The first kappa shape index (κ1) is 24.5. The van der Waals surface area contributed by atoms with E-state index in [1.807, 2.05) is 17.8 Å². The van der Waals surface area contributed by atoms with Gasteiger partial charge in [-0.3, -0.25) is 18.7 Å². The standard InChI is InChI=1S/C26H29FN4O4S/c1-35-22-5-3-2-4-20(22)24(32)29-17-6-8-18(9-7-17)31-25(33)21-14-16(27)15-28-23(21)30(26(31)34)19-10-12-36-13-11-19/h2-5,14-15,17-19H,6-13H2,1H3,(H,29,32). The second kappa shape index (κ2) is 10.5. The zero-order chi connectivity index (χ0) is 25.2. The van der Waals surface area contributed by atoms with Gasteiger partial charge in [0.05, 0.1) is 24.3 Å². The number of amides is 1. The van der Waals surface area contributed by atoms with Gasteiger partial charge in [-0.2, -0.15) is 11.8 Å². The van der Waals surface area contributed by atoms with Crippen molar-refractivity contribution in [1.29, 1.82) is 0 Å². The van der Waals surface area contributed by atoms with Gasteiger partial charge < -0.3 is 10.1 Å². The van der Waals surface area contributed by atoms with Crippen molar-refractivity contribution in [1.82, 2.24) is 19.4 Å². The van der Waals surface area contributed by atoms with E-state index in [1.54, 1.807) is 22.8 Å². The van der Waals surface area contributed by atoms with E-state index in [1.165, 1.54) is 17.7 Å². The number of hydrogen-bond acceptors (Lipinski definition) is 6. The Bertz CT molecular complexity index is 1390. The molecule has 0 radical (unpaired) electrons. The molecular formula is C26H29FN4O4S. The van der Waals surface area contributed by atoms with Crippen LogP contribution in [-0.2, 0) is 0 Å². The van der Waals surface area contributed by atoms with Crippen LogP contribution in [0.1, 0.15) is 61.0 Å². The van der Waals surface area contributed by atoms with E-state index in [-0.39, 0.29) is 40.8 Å². The molecule has 1 saturated heterocycles. The van der Waals surface area contributed by atoms with E-state index in [9.17, 15) is 18.8 Å². The van der Waals surface area contributed by atoms with Gasteiger partial charge in [-0.1, -0.05) is 12.1 Å². The number of aromatic nitrogens is 3. The number of nitrogens with one attached hydrogen (secondary N) is 1. The molecule has 0 unspecified atom stereocenters. The van der Waals surface area contributed by atoms with Crippen LogP contribution >= 0.6 is 11.8 Å². The van der Waals surface area contributed by atoms with Gasteiger partial charge in [0.15, 0.2) is 0 Å². The molecule has 10 heteroatoms. The van der Waals surface area contributed by atoms with Crippen LogP contribution in [0.5, 0.6) is 5.75 Å². The average molecular weight is 513 g/mol. The molecule has 8 nitrogen and oxygen atoms in total. The minimum Gasteiger partial charge on any atom is -0.496 e. The van der Waals surface area contributed by atoms with Gasteiger partial charge in [0, 0.05) is 18.1 Å². The Kier molecular flexibility index (Phi) is 7.13. The fourth-order valence-electron chi connectivity index (χ4n) is 5.37. The van der Waals surface area contributed by atoms with E-state index < -0.39 is 11.4 Å². The van der Waals surface area contributed by atoms with Crippen molar-refractivity contribution in [3.05, 3.63) is 68.7 Å². The van der Waals surface area contributed by atoms with Crippen LogP contribution in [0.3, 0.4) is 0 Å². The molecule has 3 heterocycles. The topological polar surface area (TPSA) is 95.2 Å². The summed E-state index contributed by atoms with van der Waals surface area (Å²) >= 11 is 1.84. The quantitative estimate of drug-likeness (QED) is 0.560. The fraction of sp³-hybridized carbons (Fsp3) is 0.462. The SMILES string of the molecule is COc1ccccc1C(=O)NC1CCC(n2c(=O)c3cc(F)cnc3n(C3CCSCC3)c2=O)CC1. The summed E-state index contributed by atoms with van der Waals surface area (Å²) in [6, 6.07) is 7.78. The zero-order valence-electron chi connectivity index (χ0n) is 20.1. The summed E-state index contributed by atoms with van der Waals surface area (Å²) in [4.78, 5) is 44.1. The molecule has 0 bridgehead atoms. The van der Waals surface area contributed by atoms with Crippen LogP contribution in [-0.4, -0.2) is 44.7 Å². The van der Waals surface area contributed by atoms with Gasteiger partial charge in [0.1, 0.15) is 17.2 Å². The van der Waals surface area contributed by atoms with Crippen molar-refractivity contribution in [2.24, 2.45) is 0 Å². The third kappa shape index (κ3) is 4.66. The van der Waals surface area contributed by atoms with E-state index in [0.717, 1.165) is 30.5 Å². The first-order valence-electron chi connectivity index (χ1n) is 12.3. The first-order chi connectivity index (χ1) is 17.5. The monoisotopic (exact) mass is 512 g/mol. The molecule has 2 aliphatic rings. The average Bonchev–Trinajstić information content (AvgIpc) is 2.90.